The molecule has 0 aliphatic rings. The molecular weight excluding hydrogens is 433 g/mol. The predicted octanol–water partition coefficient (Wildman–Crippen LogP) is 5.73. The fraction of sp³-hybridized carbons (Fsp3) is 0.0476. The lowest BCUT2D eigenvalue weighted by Crippen LogP contribution is -2.14. The number of rotatable bonds is 7. The molecular formula is C21H13Cl2NO6. The third-order valence-electron chi connectivity index (χ3n) is 3.94. The Balaban J connectivity index is 1.58. The van der Waals surface area contributed by atoms with E-state index in [1.54, 1.807) is 12.1 Å². The van der Waals surface area contributed by atoms with Crippen molar-refractivity contribution in [3.05, 3.63) is 98.0 Å². The number of hydrogen-bond donors (Lipinski definition) is 0. The second-order valence-electron chi connectivity index (χ2n) is 6.00. The third-order valence-corrected chi connectivity index (χ3v) is 4.49. The summed E-state index contributed by atoms with van der Waals surface area (Å²) in [5.41, 5.74) is 0.388. The molecule has 3 aromatic carbocycles. The highest BCUT2D eigenvalue weighted by atomic mass is 35.5. The lowest BCUT2D eigenvalue weighted by Gasteiger charge is -2.08. The minimum Gasteiger partial charge on any atom is -0.457 e. The Labute approximate surface area is 180 Å². The number of ether oxygens (including phenoxy) is 2. The van der Waals surface area contributed by atoms with E-state index >= 15 is 0 Å². The van der Waals surface area contributed by atoms with Gasteiger partial charge in [-0.2, -0.15) is 0 Å². The van der Waals surface area contributed by atoms with E-state index in [0.29, 0.717) is 22.1 Å². The zero-order chi connectivity index (χ0) is 21.7. The average Bonchev–Trinajstić information content (AvgIpc) is 2.72. The number of non-ortho nitro benzene ring substituents is 1. The van der Waals surface area contributed by atoms with Gasteiger partial charge < -0.3 is 9.47 Å². The number of carbonyl (C=O) groups excluding carboxylic acids is 2. The maximum Gasteiger partial charge on any atom is 0.340 e. The molecule has 0 spiro atoms. The molecule has 0 amide bonds. The van der Waals surface area contributed by atoms with E-state index < -0.39 is 23.3 Å². The van der Waals surface area contributed by atoms with Crippen molar-refractivity contribution in [3.63, 3.8) is 0 Å². The molecule has 0 saturated carbocycles. The highest BCUT2D eigenvalue weighted by Crippen LogP contribution is 2.24. The van der Waals surface area contributed by atoms with Crippen molar-refractivity contribution in [2.24, 2.45) is 0 Å². The molecule has 0 radical (unpaired) electrons. The van der Waals surface area contributed by atoms with Gasteiger partial charge in [0, 0.05) is 22.7 Å². The van der Waals surface area contributed by atoms with Gasteiger partial charge in [0.25, 0.3) is 5.69 Å². The Kier molecular flexibility index (Phi) is 6.66. The van der Waals surface area contributed by atoms with Crippen LogP contribution in [0.15, 0.2) is 66.7 Å². The van der Waals surface area contributed by atoms with Gasteiger partial charge in [0.2, 0.25) is 0 Å². The molecule has 0 atom stereocenters. The first-order valence-corrected chi connectivity index (χ1v) is 9.27. The molecule has 0 bridgehead atoms. The molecule has 3 aromatic rings. The minimum atomic E-state index is -0.733. The van der Waals surface area contributed by atoms with Crippen LogP contribution in [0.4, 0.5) is 5.69 Å². The summed E-state index contributed by atoms with van der Waals surface area (Å²) in [4.78, 5) is 34.5. The molecule has 0 aliphatic heterocycles. The van der Waals surface area contributed by atoms with E-state index in [1.807, 2.05) is 0 Å². The topological polar surface area (TPSA) is 95.7 Å². The van der Waals surface area contributed by atoms with Crippen molar-refractivity contribution >= 4 is 40.6 Å². The first-order valence-electron chi connectivity index (χ1n) is 8.51. The summed E-state index contributed by atoms with van der Waals surface area (Å²) in [7, 11) is 0. The van der Waals surface area contributed by atoms with Crippen LogP contribution in [0.1, 0.15) is 20.7 Å². The third kappa shape index (κ3) is 5.34. The van der Waals surface area contributed by atoms with Gasteiger partial charge in [-0.1, -0.05) is 23.2 Å². The number of benzene rings is 3. The van der Waals surface area contributed by atoms with Crippen LogP contribution >= 0.6 is 23.2 Å². The Morgan fingerprint density at radius 1 is 0.900 bits per heavy atom. The van der Waals surface area contributed by atoms with E-state index in [4.69, 9.17) is 32.7 Å². The Bertz CT molecular complexity index is 1100. The van der Waals surface area contributed by atoms with E-state index in [0.717, 1.165) is 0 Å². The number of nitro benzene ring substituents is 1. The second-order valence-corrected chi connectivity index (χ2v) is 6.84. The van der Waals surface area contributed by atoms with E-state index in [-0.39, 0.29) is 16.3 Å². The maximum atomic E-state index is 12.3. The molecule has 7 nitrogen and oxygen atoms in total. The molecule has 0 heterocycles. The quantitative estimate of drug-likeness (QED) is 0.199. The standard InChI is InChI=1S/C21H13Cl2NO6/c22-14-3-10-18(19(23)11-14)21(26)29-12-20(25)13-1-6-16(7-2-13)30-17-8-4-15(5-9-17)24(27)28/h1-11H,12H2. The zero-order valence-corrected chi connectivity index (χ0v) is 16.7. The summed E-state index contributed by atoms with van der Waals surface area (Å²) in [5, 5.41) is 11.2. The smallest absolute Gasteiger partial charge is 0.340 e. The SMILES string of the molecule is O=C(COC(=O)c1ccc(Cl)cc1Cl)c1ccc(Oc2ccc([N+](=O)[O-])cc2)cc1. The van der Waals surface area contributed by atoms with Crippen LogP contribution in [0.3, 0.4) is 0 Å². The molecule has 0 aromatic heterocycles. The van der Waals surface area contributed by atoms with Crippen LogP contribution in [-0.4, -0.2) is 23.3 Å². The number of nitrogens with zero attached hydrogens (tertiary/aromatic N) is 1. The fourth-order valence-electron chi connectivity index (χ4n) is 2.43. The number of halogens is 2. The van der Waals surface area contributed by atoms with Crippen LogP contribution in [0.5, 0.6) is 11.5 Å². The van der Waals surface area contributed by atoms with E-state index in [2.05, 4.69) is 0 Å². The molecule has 0 saturated heterocycles. The van der Waals surface area contributed by atoms with E-state index in [9.17, 15) is 19.7 Å². The number of carbonyl (C=O) groups is 2. The Morgan fingerprint density at radius 2 is 1.50 bits per heavy atom. The van der Waals surface area contributed by atoms with Gasteiger partial charge in [0.1, 0.15) is 11.5 Å². The molecule has 30 heavy (non-hydrogen) atoms. The first-order chi connectivity index (χ1) is 14.3. The van der Waals surface area contributed by atoms with Crippen LogP contribution in [0.2, 0.25) is 10.0 Å². The summed E-state index contributed by atoms with van der Waals surface area (Å²) < 4.78 is 10.6. The number of hydrogen-bond acceptors (Lipinski definition) is 6. The zero-order valence-electron chi connectivity index (χ0n) is 15.2. The minimum absolute atomic E-state index is 0.0438. The van der Waals surface area contributed by atoms with Crippen molar-refractivity contribution < 1.29 is 24.0 Å². The van der Waals surface area contributed by atoms with E-state index in [1.165, 1.54) is 54.6 Å². The average molecular weight is 446 g/mol. The number of Topliss-reactive ketones (excluding diaryl/α,β-unsaturated/α-hetero) is 1. The first kappa shape index (κ1) is 21.3. The maximum absolute atomic E-state index is 12.3. The van der Waals surface area contributed by atoms with Crippen molar-refractivity contribution in [3.8, 4) is 11.5 Å². The van der Waals surface area contributed by atoms with Gasteiger partial charge in [-0.15, -0.1) is 0 Å². The summed E-state index contributed by atoms with van der Waals surface area (Å²) in [6, 6.07) is 16.1. The lowest BCUT2D eigenvalue weighted by molar-refractivity contribution is -0.384. The van der Waals surface area contributed by atoms with Gasteiger partial charge in [-0.05, 0) is 54.6 Å². The van der Waals surface area contributed by atoms with Gasteiger partial charge in [-0.25, -0.2) is 4.79 Å². The van der Waals surface area contributed by atoms with Crippen LogP contribution in [0, 0.1) is 10.1 Å². The van der Waals surface area contributed by atoms with Gasteiger partial charge >= 0.3 is 5.97 Å². The highest BCUT2D eigenvalue weighted by Gasteiger charge is 2.15. The monoisotopic (exact) mass is 445 g/mol. The molecule has 3 rings (SSSR count). The number of nitro groups is 1. The van der Waals surface area contributed by atoms with Crippen molar-refractivity contribution in [1.82, 2.24) is 0 Å². The van der Waals surface area contributed by atoms with Crippen LogP contribution in [-0.2, 0) is 4.74 Å². The largest absolute Gasteiger partial charge is 0.457 e. The van der Waals surface area contributed by atoms with Crippen LogP contribution in [0.25, 0.3) is 0 Å². The molecule has 0 fully saturated rings. The molecule has 152 valence electrons. The molecule has 9 heteroatoms. The summed E-state index contributed by atoms with van der Waals surface area (Å²) in [6.45, 7) is -0.458. The highest BCUT2D eigenvalue weighted by molar-refractivity contribution is 6.36. The fourth-order valence-corrected chi connectivity index (χ4v) is 2.91. The van der Waals surface area contributed by atoms with Crippen molar-refractivity contribution in [2.45, 2.75) is 0 Å². The molecule has 0 N–H and O–H groups in total. The normalized spacial score (nSPS) is 10.3. The Hall–Kier alpha value is -3.42. The molecule has 0 aliphatic carbocycles. The summed E-state index contributed by atoms with van der Waals surface area (Å²) in [5.74, 6) is -0.294. The lowest BCUT2D eigenvalue weighted by atomic mass is 10.1. The van der Waals surface area contributed by atoms with Crippen molar-refractivity contribution in [2.75, 3.05) is 6.61 Å². The van der Waals surface area contributed by atoms with Gasteiger partial charge in [0.15, 0.2) is 12.4 Å². The molecule has 0 unspecified atom stereocenters. The number of ketones is 1. The van der Waals surface area contributed by atoms with Crippen molar-refractivity contribution in [1.29, 1.82) is 0 Å². The number of esters is 1. The summed E-state index contributed by atoms with van der Waals surface area (Å²) in [6.07, 6.45) is 0. The predicted molar refractivity (Wildman–Crippen MR) is 111 cm³/mol. The van der Waals surface area contributed by atoms with Gasteiger partial charge in [-0.3, -0.25) is 14.9 Å². The van der Waals surface area contributed by atoms with Gasteiger partial charge in [0.05, 0.1) is 15.5 Å². The second kappa shape index (κ2) is 9.39. The summed E-state index contributed by atoms with van der Waals surface area (Å²) >= 11 is 11.7. The Morgan fingerprint density at radius 3 is 2.07 bits per heavy atom. The van der Waals surface area contributed by atoms with Crippen LogP contribution < -0.4 is 4.74 Å².